The summed E-state index contributed by atoms with van der Waals surface area (Å²) in [6.07, 6.45) is 6.67. The van der Waals surface area contributed by atoms with Gasteiger partial charge in [0.25, 0.3) is 5.91 Å². The number of primary amides is 2. The highest BCUT2D eigenvalue weighted by molar-refractivity contribution is 8.00. The number of nitrogens with one attached hydrogen (secondary N) is 5. The van der Waals surface area contributed by atoms with E-state index in [4.69, 9.17) is 46.6 Å². The summed E-state index contributed by atoms with van der Waals surface area (Å²) >= 11 is 0.905. The van der Waals surface area contributed by atoms with E-state index in [-0.39, 0.29) is 195 Å². The van der Waals surface area contributed by atoms with Crippen LogP contribution in [0, 0.1) is 17.8 Å². The lowest BCUT2D eigenvalue weighted by Crippen LogP contribution is -2.46. The molecule has 0 spiro atoms. The molecule has 9 amide bonds. The number of hydrogen-bond donors (Lipinski definition) is 10. The van der Waals surface area contributed by atoms with Crippen LogP contribution in [0.3, 0.4) is 0 Å². The molecule has 0 fully saturated rings. The molecule has 2 aliphatic rings. The number of anilines is 1. The first-order valence-corrected chi connectivity index (χ1v) is 40.1. The van der Waals surface area contributed by atoms with Crippen LogP contribution in [0.1, 0.15) is 175 Å². The number of benzene rings is 2. The molecule has 14 N–H and O–H groups in total. The number of ether oxygens (including phenoxy) is 5. The predicted molar refractivity (Wildman–Crippen MR) is 427 cm³/mol. The van der Waals surface area contributed by atoms with Crippen molar-refractivity contribution in [2.75, 3.05) is 110 Å². The summed E-state index contributed by atoms with van der Waals surface area (Å²) in [4.78, 5) is 191. The third-order valence-electron chi connectivity index (χ3n) is 18.6. The smallest absolute Gasteiger partial charge is 0.410 e. The summed E-state index contributed by atoms with van der Waals surface area (Å²) < 4.78 is 27.6. The highest BCUT2D eigenvalue weighted by Gasteiger charge is 2.32. The van der Waals surface area contributed by atoms with Crippen molar-refractivity contribution >= 4 is 118 Å². The number of fused-ring (bicyclic) bond motifs is 2. The molecular weight excluding hydrogens is 1500 g/mol. The number of ketones is 5. The van der Waals surface area contributed by atoms with Crippen LogP contribution in [-0.2, 0) is 102 Å². The second-order valence-electron chi connectivity index (χ2n) is 28.3. The fourth-order valence-corrected chi connectivity index (χ4v) is 13.5. The molecule has 5 rings (SSSR count). The van der Waals surface area contributed by atoms with Crippen LogP contribution >= 0.6 is 11.8 Å². The number of Topliss-reactive ketones (excluding diaryl/α,β-unsaturated/α-hetero) is 5. The number of aliphatic imine (C=N–C) groups is 1. The molecule has 3 heterocycles. The van der Waals surface area contributed by atoms with E-state index in [1.54, 1.807) is 79.6 Å². The number of carboxylic acids is 1. The number of urea groups is 1. The Hall–Kier alpha value is -9.87. The number of amidine groups is 1. The lowest BCUT2D eigenvalue weighted by atomic mass is 9.88. The Morgan fingerprint density at radius 1 is 0.684 bits per heavy atom. The van der Waals surface area contributed by atoms with Crippen LogP contribution < -0.4 is 49.5 Å². The highest BCUT2D eigenvalue weighted by atomic mass is 32.2. The fourth-order valence-electron chi connectivity index (χ4n) is 12.2. The minimum Gasteiger partial charge on any atom is -0.481 e. The van der Waals surface area contributed by atoms with Crippen molar-refractivity contribution in [1.29, 1.82) is 0 Å². The molecule has 3 aromatic rings. The van der Waals surface area contributed by atoms with Crippen molar-refractivity contribution in [2.45, 2.75) is 174 Å². The number of carbonyl (C=O) groups excluding carboxylic acids is 13. The third-order valence-corrected chi connectivity index (χ3v) is 20.0. The Morgan fingerprint density at radius 3 is 2.00 bits per heavy atom. The van der Waals surface area contributed by atoms with E-state index < -0.39 is 71.3 Å². The standard InChI is InChI=1S/C80H115N13O20S/c1-5-27-92(28-6-2)78(106)57-39-55-19-20-56(42-68(55)90-71(82)43-57)75(103)89-60-40-58-49-93(29-23-66(58)87-47-60)80(108)113-50-54-17-15-53(16-18-54)38-69(98)67(14-10-26-86-79(84)107)91-76(104)65(52(3)4)44-61(94)12-8-7-9-25-85-77(105)70(45-73(100)101)114-51-59(74(83)102)41-62(95)24-31-110-33-35-112-37-36-111-34-32-109-30-11-13-64(97)48-88-72(99)22-21-63(96)46-81/h15-20,39-40,42,47,52,59,65,67,70H,5-14,21-38,41,43-46,48-51,81H2,1-4H3,(H2,82,90)(H2,83,102)(H,85,105)(H,88,99)(H,89,103)(H,91,104)(H,100,101)(H3,84,86,107). The number of pyridine rings is 1. The van der Waals surface area contributed by atoms with Crippen molar-refractivity contribution in [3.8, 4) is 0 Å². The average Bonchev–Trinajstić information content (AvgIpc) is 1.15. The van der Waals surface area contributed by atoms with E-state index in [2.05, 4.69) is 36.6 Å². The molecule has 626 valence electrons. The van der Waals surface area contributed by atoms with Crippen molar-refractivity contribution in [1.82, 2.24) is 36.1 Å². The lowest BCUT2D eigenvalue weighted by Gasteiger charge is -2.28. The van der Waals surface area contributed by atoms with Crippen LogP contribution in [0.25, 0.3) is 6.08 Å². The van der Waals surface area contributed by atoms with Gasteiger partial charge in [0, 0.05) is 138 Å². The summed E-state index contributed by atoms with van der Waals surface area (Å²) in [6, 6.07) is 11.9. The Balaban J connectivity index is 0.978. The van der Waals surface area contributed by atoms with Crippen LogP contribution in [0.4, 0.5) is 21.0 Å². The van der Waals surface area contributed by atoms with Crippen LogP contribution in [-0.4, -0.2) is 224 Å². The first-order valence-electron chi connectivity index (χ1n) is 39.0. The maximum absolute atomic E-state index is 14.0. The molecular formula is C80H115N13O20S. The number of unbranched alkanes of at least 4 members (excludes halogenated alkanes) is 2. The number of thioether (sulfide) groups is 1. The molecule has 2 aromatic carbocycles. The first kappa shape index (κ1) is 94.7. The van der Waals surface area contributed by atoms with Crippen molar-refractivity contribution in [3.05, 3.63) is 93.8 Å². The molecule has 4 atom stereocenters. The maximum atomic E-state index is 14.0. The summed E-state index contributed by atoms with van der Waals surface area (Å²) in [5.41, 5.74) is 27.6. The van der Waals surface area contributed by atoms with Gasteiger partial charge >= 0.3 is 18.1 Å². The second-order valence-corrected chi connectivity index (χ2v) is 29.5. The van der Waals surface area contributed by atoms with Gasteiger partial charge in [0.1, 0.15) is 29.8 Å². The van der Waals surface area contributed by atoms with E-state index in [1.165, 1.54) is 0 Å². The first-order chi connectivity index (χ1) is 54.7. The van der Waals surface area contributed by atoms with Gasteiger partial charge in [0.15, 0.2) is 11.6 Å². The largest absolute Gasteiger partial charge is 0.481 e. The van der Waals surface area contributed by atoms with E-state index in [1.807, 2.05) is 18.7 Å². The monoisotopic (exact) mass is 1610 g/mol. The van der Waals surface area contributed by atoms with Gasteiger partial charge in [-0.15, -0.1) is 11.8 Å². The fraction of sp³-hybridized carbons (Fsp3) is 0.575. The number of aliphatic carboxylic acids is 1. The van der Waals surface area contributed by atoms with Gasteiger partial charge in [-0.05, 0) is 91.8 Å². The van der Waals surface area contributed by atoms with Crippen LogP contribution in [0.15, 0.2) is 65.3 Å². The van der Waals surface area contributed by atoms with Gasteiger partial charge < -0.3 is 88.1 Å². The van der Waals surface area contributed by atoms with Crippen LogP contribution in [0.5, 0.6) is 0 Å². The molecule has 0 radical (unpaired) electrons. The summed E-state index contributed by atoms with van der Waals surface area (Å²) in [6.45, 7) is 11.3. The maximum Gasteiger partial charge on any atom is 0.410 e. The zero-order valence-electron chi connectivity index (χ0n) is 66.0. The number of hydrogen-bond acceptors (Lipinski definition) is 24. The Morgan fingerprint density at radius 2 is 1.34 bits per heavy atom. The predicted octanol–water partition coefficient (Wildman–Crippen LogP) is 5.27. The molecule has 1 aromatic heterocycles. The normalized spacial score (nSPS) is 13.4. The number of carbonyl (C=O) groups is 14. The van der Waals surface area contributed by atoms with Gasteiger partial charge in [-0.1, -0.05) is 64.4 Å². The van der Waals surface area contributed by atoms with Gasteiger partial charge in [-0.2, -0.15) is 0 Å². The van der Waals surface area contributed by atoms with Crippen LogP contribution in [0.2, 0.25) is 0 Å². The van der Waals surface area contributed by atoms with E-state index in [0.717, 1.165) is 35.9 Å². The average molecular weight is 1610 g/mol. The Kier molecular flexibility index (Phi) is 43.6. The van der Waals surface area contributed by atoms with E-state index in [9.17, 15) is 72.2 Å². The summed E-state index contributed by atoms with van der Waals surface area (Å²) in [5, 5.41) is 22.0. The van der Waals surface area contributed by atoms with Gasteiger partial charge in [-0.25, -0.2) is 14.6 Å². The SMILES string of the molecule is CCCN(CCC)C(=O)C1=Cc2ccc(C(=O)Nc3cnc4c(c3)CN(C(=O)OCc3ccc(CC(=O)C(CCCNC(N)=O)NC(=O)C(CC(=O)CCCCCNC(=O)C(CC(=O)O)SCC(CC(=O)CCOCCOCCOCCOCCCC(=O)CNC(=O)CCC(=O)CN)C(N)=O)C(C)C)cc3)CC4)cc2N=C(N)C1. The molecule has 0 saturated carbocycles. The molecule has 114 heavy (non-hydrogen) atoms. The van der Waals surface area contributed by atoms with Crippen molar-refractivity contribution < 1.29 is 95.9 Å². The molecule has 0 saturated heterocycles. The minimum atomic E-state index is -1.25. The highest BCUT2D eigenvalue weighted by Crippen LogP contribution is 2.30. The van der Waals surface area contributed by atoms with E-state index in [0.29, 0.717) is 117 Å². The van der Waals surface area contributed by atoms with Crippen molar-refractivity contribution in [3.63, 3.8) is 0 Å². The number of rotatable bonds is 58. The molecule has 0 aliphatic carbocycles. The number of nitrogens with zero attached hydrogens (tertiary/aromatic N) is 4. The lowest BCUT2D eigenvalue weighted by molar-refractivity contribution is -0.138. The van der Waals surface area contributed by atoms with Crippen molar-refractivity contribution in [2.24, 2.45) is 45.7 Å². The minimum absolute atomic E-state index is 0.0139. The van der Waals surface area contributed by atoms with E-state index >= 15 is 0 Å². The zero-order valence-corrected chi connectivity index (χ0v) is 66.9. The molecule has 33 nitrogen and oxygen atoms in total. The molecule has 4 unspecified atom stereocenters. The number of carboxylic acid groups (broad SMARTS) is 1. The Labute approximate surface area is 669 Å². The Bertz CT molecular complexity index is 3790. The number of amides is 9. The summed E-state index contributed by atoms with van der Waals surface area (Å²) in [7, 11) is 0. The van der Waals surface area contributed by atoms with Gasteiger partial charge in [0.05, 0.1) is 107 Å². The summed E-state index contributed by atoms with van der Waals surface area (Å²) in [5.74, 6) is -7.13. The number of nitrogens with two attached hydrogens (primary N) is 4. The molecule has 34 heteroatoms. The topological polar surface area (TPSA) is 501 Å². The zero-order chi connectivity index (χ0) is 83.3. The van der Waals surface area contributed by atoms with Gasteiger partial charge in [-0.3, -0.25) is 62.5 Å². The van der Waals surface area contributed by atoms with Gasteiger partial charge in [0.2, 0.25) is 29.5 Å². The number of aromatic nitrogens is 1. The molecule has 0 bridgehead atoms. The third kappa shape index (κ3) is 36.5. The quantitative estimate of drug-likeness (QED) is 0.0322. The second kappa shape index (κ2) is 52.5. The molecule has 2 aliphatic heterocycles.